The van der Waals surface area contributed by atoms with Crippen molar-refractivity contribution in [1.82, 2.24) is 10.1 Å². The van der Waals surface area contributed by atoms with Crippen molar-refractivity contribution >= 4 is 11.8 Å². The molecule has 0 saturated heterocycles. The SMILES string of the molecule is CC(C)SCc1nc(-c2ccc(F)cc2)no1. The summed E-state index contributed by atoms with van der Waals surface area (Å²) in [6.07, 6.45) is 0. The van der Waals surface area contributed by atoms with Crippen molar-refractivity contribution in [3.05, 3.63) is 36.0 Å². The highest BCUT2D eigenvalue weighted by Crippen LogP contribution is 2.20. The lowest BCUT2D eigenvalue weighted by Crippen LogP contribution is -1.89. The number of halogens is 1. The molecule has 0 aliphatic rings. The molecule has 5 heteroatoms. The van der Waals surface area contributed by atoms with Crippen molar-refractivity contribution in [2.75, 3.05) is 0 Å². The van der Waals surface area contributed by atoms with Crippen LogP contribution in [0.2, 0.25) is 0 Å². The fraction of sp³-hybridized carbons (Fsp3) is 0.333. The topological polar surface area (TPSA) is 38.9 Å². The van der Waals surface area contributed by atoms with Crippen molar-refractivity contribution < 1.29 is 8.91 Å². The van der Waals surface area contributed by atoms with Gasteiger partial charge in [-0.2, -0.15) is 4.98 Å². The average molecular weight is 252 g/mol. The Kier molecular flexibility index (Phi) is 3.78. The van der Waals surface area contributed by atoms with Crippen molar-refractivity contribution in [2.45, 2.75) is 24.9 Å². The maximum Gasteiger partial charge on any atom is 0.236 e. The zero-order chi connectivity index (χ0) is 12.3. The Morgan fingerprint density at radius 1 is 1.29 bits per heavy atom. The molecular formula is C12H13FN2OS. The van der Waals surface area contributed by atoms with E-state index in [-0.39, 0.29) is 5.82 Å². The zero-order valence-electron chi connectivity index (χ0n) is 9.68. The Labute approximate surface area is 103 Å². The predicted molar refractivity (Wildman–Crippen MR) is 66.1 cm³/mol. The molecule has 1 aromatic heterocycles. The molecule has 17 heavy (non-hydrogen) atoms. The van der Waals surface area contributed by atoms with Crippen LogP contribution in [0.3, 0.4) is 0 Å². The maximum atomic E-state index is 12.7. The van der Waals surface area contributed by atoms with Gasteiger partial charge in [-0.1, -0.05) is 19.0 Å². The normalized spacial score (nSPS) is 11.1. The molecule has 90 valence electrons. The number of benzene rings is 1. The smallest absolute Gasteiger partial charge is 0.236 e. The fourth-order valence-corrected chi connectivity index (χ4v) is 1.86. The largest absolute Gasteiger partial charge is 0.338 e. The molecule has 1 heterocycles. The highest BCUT2D eigenvalue weighted by Gasteiger charge is 2.09. The monoisotopic (exact) mass is 252 g/mol. The van der Waals surface area contributed by atoms with Crippen molar-refractivity contribution in [1.29, 1.82) is 0 Å². The van der Waals surface area contributed by atoms with Gasteiger partial charge in [-0.3, -0.25) is 0 Å². The van der Waals surface area contributed by atoms with Gasteiger partial charge >= 0.3 is 0 Å². The Hall–Kier alpha value is -1.36. The summed E-state index contributed by atoms with van der Waals surface area (Å²) in [6.45, 7) is 4.23. The van der Waals surface area contributed by atoms with Gasteiger partial charge < -0.3 is 4.52 Å². The van der Waals surface area contributed by atoms with Gasteiger partial charge in [-0.15, -0.1) is 11.8 Å². The Bertz CT molecular complexity index is 482. The predicted octanol–water partition coefficient (Wildman–Crippen LogP) is 3.52. The van der Waals surface area contributed by atoms with Gasteiger partial charge in [0, 0.05) is 5.56 Å². The molecule has 2 rings (SSSR count). The highest BCUT2D eigenvalue weighted by atomic mass is 32.2. The van der Waals surface area contributed by atoms with Gasteiger partial charge in [0.1, 0.15) is 5.82 Å². The minimum absolute atomic E-state index is 0.271. The van der Waals surface area contributed by atoms with Gasteiger partial charge in [-0.05, 0) is 29.5 Å². The lowest BCUT2D eigenvalue weighted by molar-refractivity contribution is 0.391. The van der Waals surface area contributed by atoms with Gasteiger partial charge in [0.15, 0.2) is 0 Å². The van der Waals surface area contributed by atoms with Gasteiger partial charge in [-0.25, -0.2) is 4.39 Å². The molecule has 0 unspecified atom stereocenters. The standard InChI is InChI=1S/C12H13FN2OS/c1-8(2)17-7-11-14-12(15-16-11)9-3-5-10(13)6-4-9/h3-6,8H,7H2,1-2H3. The molecule has 0 N–H and O–H groups in total. The van der Waals surface area contributed by atoms with Crippen LogP contribution >= 0.6 is 11.8 Å². The van der Waals surface area contributed by atoms with Crippen LogP contribution in [0, 0.1) is 5.82 Å². The van der Waals surface area contributed by atoms with Crippen LogP contribution in [-0.4, -0.2) is 15.4 Å². The number of nitrogens with zero attached hydrogens (tertiary/aromatic N) is 2. The van der Waals surface area contributed by atoms with E-state index in [0.717, 1.165) is 5.56 Å². The Balaban J connectivity index is 2.10. The van der Waals surface area contributed by atoms with E-state index in [9.17, 15) is 4.39 Å². The first-order valence-electron chi connectivity index (χ1n) is 5.35. The molecular weight excluding hydrogens is 239 g/mol. The minimum atomic E-state index is -0.271. The number of rotatable bonds is 4. The summed E-state index contributed by atoms with van der Waals surface area (Å²) in [5, 5.41) is 4.40. The molecule has 0 fully saturated rings. The second-order valence-corrected chi connectivity index (χ2v) is 5.44. The molecule has 3 nitrogen and oxygen atoms in total. The summed E-state index contributed by atoms with van der Waals surface area (Å²) >= 11 is 1.74. The number of aromatic nitrogens is 2. The quantitative estimate of drug-likeness (QED) is 0.834. The first kappa shape index (κ1) is 12.1. The van der Waals surface area contributed by atoms with E-state index in [1.807, 2.05) is 0 Å². The second-order valence-electron chi connectivity index (χ2n) is 3.88. The van der Waals surface area contributed by atoms with Crippen LogP contribution in [-0.2, 0) is 5.75 Å². The van der Waals surface area contributed by atoms with Gasteiger partial charge in [0.05, 0.1) is 5.75 Å². The third-order valence-corrected chi connectivity index (χ3v) is 3.19. The molecule has 0 aliphatic carbocycles. The molecule has 0 atom stereocenters. The first-order valence-corrected chi connectivity index (χ1v) is 6.40. The van der Waals surface area contributed by atoms with Crippen molar-refractivity contribution in [3.8, 4) is 11.4 Å². The van der Waals surface area contributed by atoms with Gasteiger partial charge in [0.25, 0.3) is 0 Å². The van der Waals surface area contributed by atoms with Crippen molar-refractivity contribution in [3.63, 3.8) is 0 Å². The maximum absolute atomic E-state index is 12.7. The molecule has 0 aliphatic heterocycles. The lowest BCUT2D eigenvalue weighted by atomic mass is 10.2. The lowest BCUT2D eigenvalue weighted by Gasteiger charge is -1.98. The van der Waals surface area contributed by atoms with E-state index in [0.29, 0.717) is 22.7 Å². The summed E-state index contributed by atoms with van der Waals surface area (Å²) in [6, 6.07) is 6.04. The van der Waals surface area contributed by atoms with Crippen LogP contribution in [0.5, 0.6) is 0 Å². The summed E-state index contributed by atoms with van der Waals surface area (Å²) in [5.74, 6) is 1.53. The summed E-state index contributed by atoms with van der Waals surface area (Å²) < 4.78 is 17.9. The van der Waals surface area contributed by atoms with E-state index < -0.39 is 0 Å². The molecule has 1 aromatic carbocycles. The first-order chi connectivity index (χ1) is 8.15. The van der Waals surface area contributed by atoms with Crippen LogP contribution in [0.1, 0.15) is 19.7 Å². The van der Waals surface area contributed by atoms with E-state index in [1.165, 1.54) is 12.1 Å². The minimum Gasteiger partial charge on any atom is -0.338 e. The number of thioether (sulfide) groups is 1. The van der Waals surface area contributed by atoms with Crippen LogP contribution < -0.4 is 0 Å². The van der Waals surface area contributed by atoms with E-state index >= 15 is 0 Å². The summed E-state index contributed by atoms with van der Waals surface area (Å²) in [7, 11) is 0. The summed E-state index contributed by atoms with van der Waals surface area (Å²) in [5.41, 5.74) is 0.760. The van der Waals surface area contributed by atoms with Crippen LogP contribution in [0.4, 0.5) is 4.39 Å². The van der Waals surface area contributed by atoms with Crippen molar-refractivity contribution in [2.24, 2.45) is 0 Å². The number of hydrogen-bond donors (Lipinski definition) is 0. The van der Waals surface area contributed by atoms with E-state index in [4.69, 9.17) is 4.52 Å². The highest BCUT2D eigenvalue weighted by molar-refractivity contribution is 7.99. The molecule has 0 bridgehead atoms. The molecule has 0 radical (unpaired) electrons. The molecule has 2 aromatic rings. The van der Waals surface area contributed by atoms with Gasteiger partial charge in [0.2, 0.25) is 11.7 Å². The van der Waals surface area contributed by atoms with Crippen LogP contribution in [0.15, 0.2) is 28.8 Å². The second kappa shape index (κ2) is 5.31. The Morgan fingerprint density at radius 3 is 2.65 bits per heavy atom. The third kappa shape index (κ3) is 3.30. The molecule has 0 amide bonds. The van der Waals surface area contributed by atoms with E-state index in [2.05, 4.69) is 24.0 Å². The zero-order valence-corrected chi connectivity index (χ0v) is 10.5. The fourth-order valence-electron chi connectivity index (χ4n) is 1.27. The van der Waals surface area contributed by atoms with Crippen LogP contribution in [0.25, 0.3) is 11.4 Å². The molecule has 0 spiro atoms. The average Bonchev–Trinajstić information content (AvgIpc) is 2.76. The third-order valence-electron chi connectivity index (χ3n) is 2.11. The Morgan fingerprint density at radius 2 is 2.00 bits per heavy atom. The molecule has 0 saturated carbocycles. The van der Waals surface area contributed by atoms with E-state index in [1.54, 1.807) is 23.9 Å². The summed E-state index contributed by atoms with van der Waals surface area (Å²) in [4.78, 5) is 4.26. The number of hydrogen-bond acceptors (Lipinski definition) is 4.